The van der Waals surface area contributed by atoms with Gasteiger partial charge in [-0.25, -0.2) is 13.1 Å². The van der Waals surface area contributed by atoms with Crippen LogP contribution in [-0.4, -0.2) is 21.2 Å². The van der Waals surface area contributed by atoms with Crippen LogP contribution in [0.25, 0.3) is 0 Å². The van der Waals surface area contributed by atoms with E-state index in [9.17, 15) is 13.2 Å². The summed E-state index contributed by atoms with van der Waals surface area (Å²) >= 11 is 7.18. The third-order valence-corrected chi connectivity index (χ3v) is 4.90. The van der Waals surface area contributed by atoms with E-state index < -0.39 is 10.0 Å². The van der Waals surface area contributed by atoms with Crippen LogP contribution in [0.3, 0.4) is 0 Å². The molecule has 0 fully saturated rings. The van der Waals surface area contributed by atoms with Gasteiger partial charge in [0.2, 0.25) is 5.09 Å². The first kappa shape index (κ1) is 14.3. The van der Waals surface area contributed by atoms with Crippen LogP contribution in [0.4, 0.5) is 0 Å². The van der Waals surface area contributed by atoms with Gasteiger partial charge in [-0.1, -0.05) is 11.6 Å². The fourth-order valence-corrected chi connectivity index (χ4v) is 3.46. The highest BCUT2D eigenvalue weighted by atomic mass is 35.5. The van der Waals surface area contributed by atoms with E-state index >= 15 is 0 Å². The highest BCUT2D eigenvalue weighted by Crippen LogP contribution is 2.21. The number of aldehydes is 1. The Morgan fingerprint density at radius 1 is 1.32 bits per heavy atom. The summed E-state index contributed by atoms with van der Waals surface area (Å²) in [6, 6.07) is 6.16. The Hall–Kier alpha value is -1.15. The first-order valence-electron chi connectivity index (χ1n) is 5.30. The Bertz CT molecular complexity index is 674. The summed E-state index contributed by atoms with van der Waals surface area (Å²) in [4.78, 5) is 11.4. The van der Waals surface area contributed by atoms with Gasteiger partial charge in [-0.2, -0.15) is 0 Å². The lowest BCUT2D eigenvalue weighted by atomic mass is 10.3. The molecule has 0 bridgehead atoms. The highest BCUT2D eigenvalue weighted by molar-refractivity contribution is 7.89. The molecule has 0 atom stereocenters. The van der Waals surface area contributed by atoms with Gasteiger partial charge in [0.15, 0.2) is 12.0 Å². The summed E-state index contributed by atoms with van der Waals surface area (Å²) in [6.07, 6.45) is 0.991. The summed E-state index contributed by atoms with van der Waals surface area (Å²) in [5.74, 6) is -0.0228. The fraction of sp³-hybridized carbons (Fsp3) is 0.182. The molecule has 2 aromatic heterocycles. The second-order valence-electron chi connectivity index (χ2n) is 3.63. The van der Waals surface area contributed by atoms with Crippen LogP contribution in [0.5, 0.6) is 0 Å². The van der Waals surface area contributed by atoms with Crippen molar-refractivity contribution in [2.24, 2.45) is 0 Å². The third kappa shape index (κ3) is 3.66. The number of nitrogens with one attached hydrogen (secondary N) is 1. The molecule has 0 saturated carbocycles. The Morgan fingerprint density at radius 3 is 2.68 bits per heavy atom. The van der Waals surface area contributed by atoms with Crippen molar-refractivity contribution in [3.8, 4) is 0 Å². The summed E-state index contributed by atoms with van der Waals surface area (Å²) in [5.41, 5.74) is 0. The molecule has 0 aromatic carbocycles. The molecular formula is C11H10ClNO4S2. The van der Waals surface area contributed by atoms with E-state index in [4.69, 9.17) is 16.0 Å². The molecule has 1 N–H and O–H groups in total. The first-order chi connectivity index (χ1) is 9.01. The molecule has 102 valence electrons. The van der Waals surface area contributed by atoms with Crippen molar-refractivity contribution in [1.29, 1.82) is 0 Å². The molecule has 2 heterocycles. The third-order valence-electron chi connectivity index (χ3n) is 2.28. The molecule has 0 aliphatic carbocycles. The second kappa shape index (κ2) is 5.87. The van der Waals surface area contributed by atoms with Crippen LogP contribution in [0.15, 0.2) is 33.8 Å². The lowest BCUT2D eigenvalue weighted by Crippen LogP contribution is -2.25. The van der Waals surface area contributed by atoms with Gasteiger partial charge >= 0.3 is 0 Å². The number of carbonyl (C=O) groups is 1. The van der Waals surface area contributed by atoms with E-state index in [1.807, 2.05) is 6.07 Å². The van der Waals surface area contributed by atoms with Gasteiger partial charge < -0.3 is 4.42 Å². The monoisotopic (exact) mass is 319 g/mol. The number of halogens is 1. The predicted octanol–water partition coefficient (Wildman–Crippen LogP) is 2.33. The maximum absolute atomic E-state index is 11.8. The lowest BCUT2D eigenvalue weighted by molar-refractivity contribution is 0.109. The minimum absolute atomic E-state index is 0.0228. The fourth-order valence-electron chi connectivity index (χ4n) is 1.41. The lowest BCUT2D eigenvalue weighted by Gasteiger charge is -2.02. The molecule has 0 amide bonds. The van der Waals surface area contributed by atoms with Crippen LogP contribution in [0.1, 0.15) is 15.4 Å². The minimum Gasteiger partial charge on any atom is -0.440 e. The van der Waals surface area contributed by atoms with Crippen molar-refractivity contribution in [3.05, 3.63) is 39.2 Å². The zero-order chi connectivity index (χ0) is 13.9. The van der Waals surface area contributed by atoms with Crippen LogP contribution in [0, 0.1) is 0 Å². The average molecular weight is 320 g/mol. The van der Waals surface area contributed by atoms with Crippen molar-refractivity contribution in [1.82, 2.24) is 4.72 Å². The Morgan fingerprint density at radius 2 is 2.11 bits per heavy atom. The standard InChI is InChI=1S/C11H10ClNO4S2/c12-10-3-2-9(18-10)5-6-13-19(15,16)11-4-1-8(7-14)17-11/h1-4,7,13H,5-6H2. The molecule has 2 rings (SSSR count). The second-order valence-corrected chi connectivity index (χ2v) is 7.13. The van der Waals surface area contributed by atoms with Crippen molar-refractivity contribution in [3.63, 3.8) is 0 Å². The Labute approximate surface area is 119 Å². The normalized spacial score (nSPS) is 11.6. The number of rotatable bonds is 6. The molecule has 2 aromatic rings. The maximum Gasteiger partial charge on any atom is 0.273 e. The number of sulfonamides is 1. The summed E-state index contributed by atoms with van der Waals surface area (Å²) in [5, 5.41) is -0.265. The molecule has 8 heteroatoms. The average Bonchev–Trinajstić information content (AvgIpc) is 2.98. The van der Waals surface area contributed by atoms with Gasteiger partial charge in [-0.15, -0.1) is 11.3 Å². The summed E-state index contributed by atoms with van der Waals surface area (Å²) < 4.78 is 31.6. The predicted molar refractivity (Wildman–Crippen MR) is 72.3 cm³/mol. The van der Waals surface area contributed by atoms with Gasteiger partial charge in [-0.05, 0) is 30.7 Å². The van der Waals surface area contributed by atoms with Crippen LogP contribution in [-0.2, 0) is 16.4 Å². The summed E-state index contributed by atoms with van der Waals surface area (Å²) in [6.45, 7) is 0.232. The molecule has 0 saturated heterocycles. The molecule has 0 radical (unpaired) electrons. The topological polar surface area (TPSA) is 76.4 Å². The van der Waals surface area contributed by atoms with Crippen molar-refractivity contribution in [2.75, 3.05) is 6.54 Å². The number of hydrogen-bond acceptors (Lipinski definition) is 5. The molecule has 5 nitrogen and oxygen atoms in total. The largest absolute Gasteiger partial charge is 0.440 e. The van der Waals surface area contributed by atoms with Gasteiger partial charge in [0.25, 0.3) is 10.0 Å². The molecule has 0 unspecified atom stereocenters. The van der Waals surface area contributed by atoms with E-state index in [0.717, 1.165) is 4.88 Å². The van der Waals surface area contributed by atoms with E-state index in [1.54, 1.807) is 6.07 Å². The SMILES string of the molecule is O=Cc1ccc(S(=O)(=O)NCCc2ccc(Cl)s2)o1. The van der Waals surface area contributed by atoms with Crippen molar-refractivity contribution >= 4 is 39.2 Å². The van der Waals surface area contributed by atoms with Gasteiger partial charge in [0.1, 0.15) is 0 Å². The van der Waals surface area contributed by atoms with Crippen molar-refractivity contribution < 1.29 is 17.6 Å². The maximum atomic E-state index is 11.8. The van der Waals surface area contributed by atoms with Gasteiger partial charge in [0, 0.05) is 11.4 Å². The molecular weight excluding hydrogens is 310 g/mol. The minimum atomic E-state index is -3.72. The number of furan rings is 1. The molecule has 0 aliphatic heterocycles. The molecule has 0 aliphatic rings. The van der Waals surface area contributed by atoms with E-state index in [2.05, 4.69) is 4.72 Å². The quantitative estimate of drug-likeness (QED) is 0.829. The van der Waals surface area contributed by atoms with Crippen LogP contribution >= 0.6 is 22.9 Å². The van der Waals surface area contributed by atoms with Gasteiger partial charge in [-0.3, -0.25) is 4.79 Å². The smallest absolute Gasteiger partial charge is 0.273 e. The number of thiophene rings is 1. The number of hydrogen-bond donors (Lipinski definition) is 1. The highest BCUT2D eigenvalue weighted by Gasteiger charge is 2.18. The zero-order valence-corrected chi connectivity index (χ0v) is 12.0. The zero-order valence-electron chi connectivity index (χ0n) is 9.63. The first-order valence-corrected chi connectivity index (χ1v) is 7.98. The Balaban J connectivity index is 1.96. The molecule has 0 spiro atoms. The molecule has 19 heavy (non-hydrogen) atoms. The van der Waals surface area contributed by atoms with E-state index in [1.165, 1.54) is 23.5 Å². The Kier molecular flexibility index (Phi) is 4.41. The number of carbonyl (C=O) groups excluding carboxylic acids is 1. The van der Waals surface area contributed by atoms with Gasteiger partial charge in [0.05, 0.1) is 4.34 Å². The van der Waals surface area contributed by atoms with Crippen LogP contribution < -0.4 is 4.72 Å². The van der Waals surface area contributed by atoms with E-state index in [0.29, 0.717) is 17.0 Å². The van der Waals surface area contributed by atoms with Crippen molar-refractivity contribution in [2.45, 2.75) is 11.5 Å². The summed E-state index contributed by atoms with van der Waals surface area (Å²) in [7, 11) is -3.72. The van der Waals surface area contributed by atoms with Crippen LogP contribution in [0.2, 0.25) is 4.34 Å². The van der Waals surface area contributed by atoms with E-state index in [-0.39, 0.29) is 17.4 Å².